The number of nitrogens with one attached hydrogen (secondary N) is 1. The van der Waals surface area contributed by atoms with Gasteiger partial charge in [0.05, 0.1) is 10.6 Å². The fraction of sp³-hybridized carbons (Fsp3) is 0.308. The molecular weight excluding hydrogens is 252 g/mol. The lowest BCUT2D eigenvalue weighted by Crippen LogP contribution is -2.08. The summed E-state index contributed by atoms with van der Waals surface area (Å²) in [4.78, 5) is 5.72. The topological polar surface area (TPSA) is 24.9 Å². The summed E-state index contributed by atoms with van der Waals surface area (Å²) >= 11 is 7.57. The molecule has 0 radical (unpaired) electrons. The highest BCUT2D eigenvalue weighted by atomic mass is 35.5. The van der Waals surface area contributed by atoms with Gasteiger partial charge in [0.1, 0.15) is 0 Å². The van der Waals surface area contributed by atoms with E-state index >= 15 is 0 Å². The van der Waals surface area contributed by atoms with Crippen molar-refractivity contribution in [3.63, 3.8) is 0 Å². The molecule has 0 unspecified atom stereocenters. The van der Waals surface area contributed by atoms with Crippen molar-refractivity contribution in [3.05, 3.63) is 35.0 Å². The number of thiazole rings is 1. The third-order valence-electron chi connectivity index (χ3n) is 2.32. The standard InChI is InChI=1S/C13H15ClN2S/c1-8(2)15-13-16-9(3)12(17-13)10-4-6-11(14)7-5-10/h4-8H,1-3H3,(H,15,16). The van der Waals surface area contributed by atoms with E-state index in [-0.39, 0.29) is 0 Å². The van der Waals surface area contributed by atoms with Crippen LogP contribution in [0.2, 0.25) is 5.02 Å². The molecule has 0 fully saturated rings. The van der Waals surface area contributed by atoms with Crippen LogP contribution in [0.5, 0.6) is 0 Å². The van der Waals surface area contributed by atoms with Gasteiger partial charge >= 0.3 is 0 Å². The van der Waals surface area contributed by atoms with E-state index < -0.39 is 0 Å². The summed E-state index contributed by atoms with van der Waals surface area (Å²) < 4.78 is 0. The fourth-order valence-corrected chi connectivity index (χ4v) is 2.82. The molecule has 0 aliphatic heterocycles. The van der Waals surface area contributed by atoms with Gasteiger partial charge in [-0.3, -0.25) is 0 Å². The van der Waals surface area contributed by atoms with Crippen LogP contribution in [0.25, 0.3) is 10.4 Å². The van der Waals surface area contributed by atoms with Gasteiger partial charge in [0.25, 0.3) is 0 Å². The van der Waals surface area contributed by atoms with Gasteiger partial charge in [0.2, 0.25) is 0 Å². The number of halogens is 1. The van der Waals surface area contributed by atoms with Crippen molar-refractivity contribution in [1.29, 1.82) is 0 Å². The lowest BCUT2D eigenvalue weighted by atomic mass is 10.2. The van der Waals surface area contributed by atoms with E-state index in [9.17, 15) is 0 Å². The van der Waals surface area contributed by atoms with E-state index in [1.54, 1.807) is 11.3 Å². The number of nitrogens with zero attached hydrogens (tertiary/aromatic N) is 1. The number of anilines is 1. The predicted octanol–water partition coefficient (Wildman–Crippen LogP) is 4.59. The Hall–Kier alpha value is -1.06. The van der Waals surface area contributed by atoms with E-state index in [1.807, 2.05) is 31.2 Å². The molecular formula is C13H15ClN2S. The average molecular weight is 267 g/mol. The number of rotatable bonds is 3. The number of hydrogen-bond donors (Lipinski definition) is 1. The molecule has 1 N–H and O–H groups in total. The summed E-state index contributed by atoms with van der Waals surface area (Å²) in [6.07, 6.45) is 0. The monoisotopic (exact) mass is 266 g/mol. The van der Waals surface area contributed by atoms with E-state index in [1.165, 1.54) is 10.4 Å². The summed E-state index contributed by atoms with van der Waals surface area (Å²) in [6, 6.07) is 8.28. The molecule has 2 nitrogen and oxygen atoms in total. The lowest BCUT2D eigenvalue weighted by molar-refractivity contribution is 0.895. The SMILES string of the molecule is Cc1nc(NC(C)C)sc1-c1ccc(Cl)cc1. The smallest absolute Gasteiger partial charge is 0.183 e. The molecule has 4 heteroatoms. The maximum atomic E-state index is 5.89. The summed E-state index contributed by atoms with van der Waals surface area (Å²) in [6.45, 7) is 6.25. The predicted molar refractivity (Wildman–Crippen MR) is 76.1 cm³/mol. The third kappa shape index (κ3) is 2.99. The van der Waals surface area contributed by atoms with Gasteiger partial charge in [0, 0.05) is 11.1 Å². The Balaban J connectivity index is 2.32. The molecule has 90 valence electrons. The minimum Gasteiger partial charge on any atom is -0.359 e. The van der Waals surface area contributed by atoms with Gasteiger partial charge in [0.15, 0.2) is 5.13 Å². The maximum Gasteiger partial charge on any atom is 0.183 e. The normalized spacial score (nSPS) is 10.9. The van der Waals surface area contributed by atoms with Crippen LogP contribution >= 0.6 is 22.9 Å². The number of hydrogen-bond acceptors (Lipinski definition) is 3. The van der Waals surface area contributed by atoms with Crippen molar-refractivity contribution < 1.29 is 0 Å². The minimum atomic E-state index is 0.401. The van der Waals surface area contributed by atoms with Gasteiger partial charge in [-0.15, -0.1) is 0 Å². The zero-order valence-corrected chi connectivity index (χ0v) is 11.7. The van der Waals surface area contributed by atoms with Crippen LogP contribution in [0.1, 0.15) is 19.5 Å². The van der Waals surface area contributed by atoms with E-state index in [0.29, 0.717) is 6.04 Å². The zero-order valence-electron chi connectivity index (χ0n) is 10.1. The van der Waals surface area contributed by atoms with Crippen molar-refractivity contribution in [2.24, 2.45) is 0 Å². The Morgan fingerprint density at radius 3 is 2.47 bits per heavy atom. The Labute approximate surface area is 111 Å². The van der Waals surface area contributed by atoms with E-state index in [0.717, 1.165) is 15.8 Å². The lowest BCUT2D eigenvalue weighted by Gasteiger charge is -2.04. The van der Waals surface area contributed by atoms with Crippen molar-refractivity contribution in [1.82, 2.24) is 4.98 Å². The highest BCUT2D eigenvalue weighted by Gasteiger charge is 2.10. The Morgan fingerprint density at radius 2 is 1.88 bits per heavy atom. The van der Waals surface area contributed by atoms with Crippen molar-refractivity contribution in [3.8, 4) is 10.4 Å². The van der Waals surface area contributed by atoms with Crippen molar-refractivity contribution in [2.45, 2.75) is 26.8 Å². The zero-order chi connectivity index (χ0) is 12.4. The summed E-state index contributed by atoms with van der Waals surface area (Å²) in [5.41, 5.74) is 2.22. The first-order valence-corrected chi connectivity index (χ1v) is 6.75. The molecule has 1 aromatic carbocycles. The van der Waals surface area contributed by atoms with Crippen LogP contribution < -0.4 is 5.32 Å². The molecule has 2 aromatic rings. The second-order valence-corrected chi connectivity index (χ2v) is 5.67. The summed E-state index contributed by atoms with van der Waals surface area (Å²) in [5, 5.41) is 5.06. The van der Waals surface area contributed by atoms with Crippen LogP contribution in [-0.2, 0) is 0 Å². The second-order valence-electron chi connectivity index (χ2n) is 4.24. The molecule has 0 bridgehead atoms. The second kappa shape index (κ2) is 5.07. The van der Waals surface area contributed by atoms with Crippen LogP contribution in [-0.4, -0.2) is 11.0 Å². The van der Waals surface area contributed by atoms with Gasteiger partial charge in [-0.05, 0) is 38.5 Å². The quantitative estimate of drug-likeness (QED) is 0.879. The third-order valence-corrected chi connectivity index (χ3v) is 3.70. The molecule has 0 spiro atoms. The van der Waals surface area contributed by atoms with Crippen molar-refractivity contribution >= 4 is 28.1 Å². The largest absolute Gasteiger partial charge is 0.359 e. The molecule has 0 aliphatic rings. The number of aryl methyl sites for hydroxylation is 1. The van der Waals surface area contributed by atoms with Crippen LogP contribution in [0.15, 0.2) is 24.3 Å². The molecule has 17 heavy (non-hydrogen) atoms. The highest BCUT2D eigenvalue weighted by molar-refractivity contribution is 7.19. The molecule has 0 saturated heterocycles. The Bertz CT molecular complexity index is 503. The molecule has 0 saturated carbocycles. The average Bonchev–Trinajstić information content (AvgIpc) is 2.59. The fourth-order valence-electron chi connectivity index (χ4n) is 1.57. The van der Waals surface area contributed by atoms with Gasteiger partial charge < -0.3 is 5.32 Å². The van der Waals surface area contributed by atoms with Crippen LogP contribution in [0.3, 0.4) is 0 Å². The molecule has 1 heterocycles. The number of benzene rings is 1. The van der Waals surface area contributed by atoms with Gasteiger partial charge in [-0.2, -0.15) is 0 Å². The first-order chi connectivity index (χ1) is 8.06. The van der Waals surface area contributed by atoms with E-state index in [2.05, 4.69) is 24.1 Å². The first-order valence-electron chi connectivity index (χ1n) is 5.56. The highest BCUT2D eigenvalue weighted by Crippen LogP contribution is 2.33. The van der Waals surface area contributed by atoms with Gasteiger partial charge in [-0.1, -0.05) is 35.1 Å². The van der Waals surface area contributed by atoms with E-state index in [4.69, 9.17) is 11.6 Å². The minimum absolute atomic E-state index is 0.401. The van der Waals surface area contributed by atoms with Gasteiger partial charge in [-0.25, -0.2) is 4.98 Å². The molecule has 1 aromatic heterocycles. The molecule has 0 amide bonds. The van der Waals surface area contributed by atoms with Crippen LogP contribution in [0, 0.1) is 6.92 Å². The maximum absolute atomic E-state index is 5.89. The Kier molecular flexibility index (Phi) is 3.69. The Morgan fingerprint density at radius 1 is 1.24 bits per heavy atom. The summed E-state index contributed by atoms with van der Waals surface area (Å²) in [5.74, 6) is 0. The summed E-state index contributed by atoms with van der Waals surface area (Å²) in [7, 11) is 0. The number of aromatic nitrogens is 1. The molecule has 0 atom stereocenters. The molecule has 0 aliphatic carbocycles. The van der Waals surface area contributed by atoms with Crippen LogP contribution in [0.4, 0.5) is 5.13 Å². The van der Waals surface area contributed by atoms with Crippen molar-refractivity contribution in [2.75, 3.05) is 5.32 Å². The first kappa shape index (κ1) is 12.4. The molecule has 2 rings (SSSR count).